The van der Waals surface area contributed by atoms with Gasteiger partial charge in [-0.3, -0.25) is 4.79 Å². The molecule has 3 rings (SSSR count). The molecule has 5 nitrogen and oxygen atoms in total. The van der Waals surface area contributed by atoms with Crippen LogP contribution in [0.3, 0.4) is 0 Å². The Morgan fingerprint density at radius 2 is 1.76 bits per heavy atom. The van der Waals surface area contributed by atoms with Gasteiger partial charge in [-0.15, -0.1) is 10.2 Å². The first-order chi connectivity index (χ1) is 12.2. The monoisotopic (exact) mass is 370 g/mol. The largest absolute Gasteiger partial charge is 0.351 e. The second kappa shape index (κ2) is 8.64. The lowest BCUT2D eigenvalue weighted by Gasteiger charge is -2.10. The molecule has 0 fully saturated rings. The molecule has 0 saturated heterocycles. The second-order valence-electron chi connectivity index (χ2n) is 5.33. The molecule has 0 radical (unpaired) electrons. The van der Waals surface area contributed by atoms with Gasteiger partial charge in [0.05, 0.1) is 5.25 Å². The van der Waals surface area contributed by atoms with Crippen LogP contribution >= 0.6 is 23.1 Å². The molecule has 1 unspecified atom stereocenters. The zero-order chi connectivity index (χ0) is 17.5. The minimum Gasteiger partial charge on any atom is -0.351 e. The Bertz CT molecular complexity index is 808. The summed E-state index contributed by atoms with van der Waals surface area (Å²) in [7, 11) is 0. The van der Waals surface area contributed by atoms with Crippen molar-refractivity contribution in [2.45, 2.75) is 23.1 Å². The number of rotatable bonds is 7. The number of amides is 1. The highest BCUT2D eigenvalue weighted by molar-refractivity contribution is 8.02. The van der Waals surface area contributed by atoms with E-state index in [0.717, 1.165) is 15.6 Å². The Labute approximate surface area is 154 Å². The third-order valence-corrected chi connectivity index (χ3v) is 5.41. The zero-order valence-electron chi connectivity index (χ0n) is 13.7. The van der Waals surface area contributed by atoms with Gasteiger partial charge in [-0.05, 0) is 24.6 Å². The highest BCUT2D eigenvalue weighted by atomic mass is 32.2. The molecular formula is C18H18N4OS2. The lowest BCUT2D eigenvalue weighted by molar-refractivity contribution is -0.120. The molecule has 0 saturated carbocycles. The molecular weight excluding hydrogens is 352 g/mol. The molecule has 2 aromatic carbocycles. The fourth-order valence-corrected chi connectivity index (χ4v) is 4.03. The molecule has 0 aliphatic carbocycles. The molecule has 1 amide bonds. The molecule has 128 valence electrons. The zero-order valence-corrected chi connectivity index (χ0v) is 15.3. The number of nitrogens with zero attached hydrogens (tertiary/aromatic N) is 2. The van der Waals surface area contributed by atoms with Crippen LogP contribution in [0.2, 0.25) is 0 Å². The lowest BCUT2D eigenvalue weighted by Crippen LogP contribution is -2.30. The summed E-state index contributed by atoms with van der Waals surface area (Å²) >= 11 is 2.85. The number of carbonyl (C=O) groups excluding carboxylic acids is 1. The van der Waals surface area contributed by atoms with Crippen molar-refractivity contribution < 1.29 is 4.79 Å². The predicted molar refractivity (Wildman–Crippen MR) is 103 cm³/mol. The van der Waals surface area contributed by atoms with Crippen molar-refractivity contribution in [2.24, 2.45) is 0 Å². The first kappa shape index (κ1) is 17.4. The van der Waals surface area contributed by atoms with Crippen LogP contribution < -0.4 is 10.6 Å². The van der Waals surface area contributed by atoms with Crippen molar-refractivity contribution >= 4 is 39.8 Å². The predicted octanol–water partition coefficient (Wildman–Crippen LogP) is 4.08. The minimum atomic E-state index is -0.235. The van der Waals surface area contributed by atoms with E-state index in [4.69, 9.17) is 0 Å². The van der Waals surface area contributed by atoms with E-state index in [1.165, 1.54) is 23.1 Å². The second-order valence-corrected chi connectivity index (χ2v) is 7.89. The smallest absolute Gasteiger partial charge is 0.233 e. The van der Waals surface area contributed by atoms with Gasteiger partial charge in [0, 0.05) is 12.2 Å². The molecule has 25 heavy (non-hydrogen) atoms. The first-order valence-electron chi connectivity index (χ1n) is 7.84. The lowest BCUT2D eigenvalue weighted by atomic mass is 10.2. The number of aromatic nitrogens is 2. The van der Waals surface area contributed by atoms with E-state index in [-0.39, 0.29) is 11.2 Å². The average Bonchev–Trinajstić information content (AvgIpc) is 3.08. The van der Waals surface area contributed by atoms with Crippen molar-refractivity contribution in [1.29, 1.82) is 0 Å². The van der Waals surface area contributed by atoms with Gasteiger partial charge in [0.25, 0.3) is 0 Å². The maximum Gasteiger partial charge on any atom is 0.233 e. The molecule has 1 atom stereocenters. The van der Waals surface area contributed by atoms with E-state index >= 15 is 0 Å². The molecule has 1 aromatic heterocycles. The molecule has 3 aromatic rings. The maximum absolute atomic E-state index is 12.2. The molecule has 0 spiro atoms. The first-order valence-corrected chi connectivity index (χ1v) is 9.54. The molecule has 0 aliphatic heterocycles. The van der Waals surface area contributed by atoms with Gasteiger partial charge < -0.3 is 10.6 Å². The number of hydrogen-bond donors (Lipinski definition) is 2. The van der Waals surface area contributed by atoms with Crippen LogP contribution in [0.1, 0.15) is 12.5 Å². The topological polar surface area (TPSA) is 66.9 Å². The number of carbonyl (C=O) groups is 1. The van der Waals surface area contributed by atoms with E-state index in [1.54, 1.807) is 0 Å². The summed E-state index contributed by atoms with van der Waals surface area (Å²) in [5.41, 5.74) is 2.04. The Balaban J connectivity index is 1.50. The highest BCUT2D eigenvalue weighted by Gasteiger charge is 2.17. The average molecular weight is 371 g/mol. The third kappa shape index (κ3) is 5.30. The number of para-hydroxylation sites is 1. The van der Waals surface area contributed by atoms with Gasteiger partial charge in [0.1, 0.15) is 0 Å². The SMILES string of the molecule is CC(Sc1nnc(Nc2ccccc2)s1)C(=O)NCc1ccccc1. The normalized spacial score (nSPS) is 11.7. The van der Waals surface area contributed by atoms with Crippen LogP contribution in [0.15, 0.2) is 65.0 Å². The number of thioether (sulfide) groups is 1. The van der Waals surface area contributed by atoms with Crippen LogP contribution in [0.4, 0.5) is 10.8 Å². The summed E-state index contributed by atoms with van der Waals surface area (Å²) in [6, 6.07) is 19.7. The van der Waals surface area contributed by atoms with Crippen molar-refractivity contribution in [3.8, 4) is 0 Å². The maximum atomic E-state index is 12.2. The van der Waals surface area contributed by atoms with E-state index in [1.807, 2.05) is 67.6 Å². The van der Waals surface area contributed by atoms with E-state index in [9.17, 15) is 4.79 Å². The van der Waals surface area contributed by atoms with Crippen LogP contribution in [0, 0.1) is 0 Å². The van der Waals surface area contributed by atoms with Crippen LogP contribution in [0.5, 0.6) is 0 Å². The molecule has 7 heteroatoms. The van der Waals surface area contributed by atoms with Crippen LogP contribution in [-0.4, -0.2) is 21.4 Å². The standard InChI is InChI=1S/C18H18N4OS2/c1-13(16(23)19-12-14-8-4-2-5-9-14)24-18-22-21-17(25-18)20-15-10-6-3-7-11-15/h2-11,13H,12H2,1H3,(H,19,23)(H,20,21). The van der Waals surface area contributed by atoms with Gasteiger partial charge in [0.15, 0.2) is 4.34 Å². The van der Waals surface area contributed by atoms with Gasteiger partial charge in [-0.1, -0.05) is 71.6 Å². The van der Waals surface area contributed by atoms with E-state index < -0.39 is 0 Å². The Morgan fingerprint density at radius 3 is 2.48 bits per heavy atom. The minimum absolute atomic E-state index is 0.0124. The van der Waals surface area contributed by atoms with Gasteiger partial charge in [-0.25, -0.2) is 0 Å². The summed E-state index contributed by atoms with van der Waals surface area (Å²) in [4.78, 5) is 12.2. The quantitative estimate of drug-likeness (QED) is 0.614. The molecule has 1 heterocycles. The summed E-state index contributed by atoms with van der Waals surface area (Å²) < 4.78 is 0.765. The summed E-state index contributed by atoms with van der Waals surface area (Å²) in [6.45, 7) is 2.40. The van der Waals surface area contributed by atoms with Crippen LogP contribution in [-0.2, 0) is 11.3 Å². The van der Waals surface area contributed by atoms with Crippen molar-refractivity contribution in [3.63, 3.8) is 0 Å². The molecule has 0 bridgehead atoms. The van der Waals surface area contributed by atoms with Crippen LogP contribution in [0.25, 0.3) is 0 Å². The number of benzene rings is 2. The fourth-order valence-electron chi connectivity index (χ4n) is 2.09. The fraction of sp³-hybridized carbons (Fsp3) is 0.167. The number of hydrogen-bond acceptors (Lipinski definition) is 6. The third-order valence-electron chi connectivity index (χ3n) is 3.39. The van der Waals surface area contributed by atoms with Gasteiger partial charge in [0.2, 0.25) is 11.0 Å². The Morgan fingerprint density at radius 1 is 1.08 bits per heavy atom. The van der Waals surface area contributed by atoms with Crippen molar-refractivity contribution in [3.05, 3.63) is 66.2 Å². The summed E-state index contributed by atoms with van der Waals surface area (Å²) in [5.74, 6) is -0.0124. The van der Waals surface area contributed by atoms with E-state index in [2.05, 4.69) is 20.8 Å². The van der Waals surface area contributed by atoms with Gasteiger partial charge in [-0.2, -0.15) is 0 Å². The van der Waals surface area contributed by atoms with Crippen molar-refractivity contribution in [1.82, 2.24) is 15.5 Å². The van der Waals surface area contributed by atoms with Crippen molar-refractivity contribution in [2.75, 3.05) is 5.32 Å². The number of anilines is 2. The highest BCUT2D eigenvalue weighted by Crippen LogP contribution is 2.30. The van der Waals surface area contributed by atoms with E-state index in [0.29, 0.717) is 11.7 Å². The Hall–Kier alpha value is -2.38. The summed E-state index contributed by atoms with van der Waals surface area (Å²) in [6.07, 6.45) is 0. The molecule has 2 N–H and O–H groups in total. The molecule has 0 aliphatic rings. The Kier molecular flexibility index (Phi) is 6.03. The number of nitrogens with one attached hydrogen (secondary N) is 2. The summed E-state index contributed by atoms with van der Waals surface area (Å²) in [5, 5.41) is 14.9. The van der Waals surface area contributed by atoms with Gasteiger partial charge >= 0.3 is 0 Å².